The number of hydrogen-bond donors (Lipinski definition) is 1. The molecule has 0 aromatic carbocycles. The number of rotatable bonds is 5. The molecular formula is C13H21N3OS. The highest BCUT2D eigenvalue weighted by Crippen LogP contribution is 2.18. The number of aromatic nitrogens is 1. The zero-order valence-corrected chi connectivity index (χ0v) is 11.9. The predicted octanol–water partition coefficient (Wildman–Crippen LogP) is 1.94. The molecule has 5 heteroatoms. The second-order valence-corrected chi connectivity index (χ2v) is 5.64. The largest absolute Gasteiger partial charge is 0.380 e. The molecule has 1 aliphatic rings. The number of nitrogens with two attached hydrogens (primary N) is 1. The van der Waals surface area contributed by atoms with E-state index in [1.807, 2.05) is 6.92 Å². The van der Waals surface area contributed by atoms with Crippen LogP contribution in [0.4, 0.5) is 0 Å². The lowest BCUT2D eigenvalue weighted by atomic mass is 10.1. The van der Waals surface area contributed by atoms with Crippen molar-refractivity contribution in [3.8, 4) is 0 Å². The van der Waals surface area contributed by atoms with E-state index in [1.165, 1.54) is 5.57 Å². The van der Waals surface area contributed by atoms with E-state index in [4.69, 9.17) is 10.5 Å². The quantitative estimate of drug-likeness (QED) is 0.828. The Morgan fingerprint density at radius 3 is 3.00 bits per heavy atom. The van der Waals surface area contributed by atoms with Crippen molar-refractivity contribution in [2.45, 2.75) is 25.9 Å². The molecule has 4 nitrogen and oxygen atoms in total. The average molecular weight is 267 g/mol. The molecule has 1 aromatic rings. The van der Waals surface area contributed by atoms with E-state index in [9.17, 15) is 0 Å². The molecule has 0 aliphatic carbocycles. The first kappa shape index (κ1) is 13.7. The average Bonchev–Trinajstić information content (AvgIpc) is 2.81. The van der Waals surface area contributed by atoms with Crippen LogP contribution < -0.4 is 5.73 Å². The first-order valence-electron chi connectivity index (χ1n) is 6.28. The van der Waals surface area contributed by atoms with Crippen molar-refractivity contribution in [2.75, 3.05) is 26.8 Å². The van der Waals surface area contributed by atoms with Crippen molar-refractivity contribution in [1.82, 2.24) is 9.88 Å². The molecule has 1 unspecified atom stereocenters. The van der Waals surface area contributed by atoms with E-state index < -0.39 is 0 Å². The van der Waals surface area contributed by atoms with E-state index >= 15 is 0 Å². The van der Waals surface area contributed by atoms with Crippen LogP contribution in [0.3, 0.4) is 0 Å². The first-order valence-corrected chi connectivity index (χ1v) is 7.16. The first-order chi connectivity index (χ1) is 8.69. The number of ether oxygens (including phenoxy) is 1. The predicted molar refractivity (Wildman–Crippen MR) is 74.6 cm³/mol. The lowest BCUT2D eigenvalue weighted by Crippen LogP contribution is -2.29. The highest BCUT2D eigenvalue weighted by Gasteiger charge is 2.14. The van der Waals surface area contributed by atoms with Gasteiger partial charge in [-0.3, -0.25) is 4.90 Å². The molecule has 0 amide bonds. The molecule has 0 saturated carbocycles. The minimum Gasteiger partial charge on any atom is -0.380 e. The van der Waals surface area contributed by atoms with E-state index in [2.05, 4.69) is 21.3 Å². The molecule has 2 rings (SSSR count). The summed E-state index contributed by atoms with van der Waals surface area (Å²) in [6, 6.07) is 0.0401. The number of thiazole rings is 1. The molecule has 0 bridgehead atoms. The van der Waals surface area contributed by atoms with Crippen LogP contribution in [0.15, 0.2) is 17.0 Å². The van der Waals surface area contributed by atoms with Crippen LogP contribution in [-0.2, 0) is 11.3 Å². The van der Waals surface area contributed by atoms with Gasteiger partial charge in [-0.1, -0.05) is 6.08 Å². The van der Waals surface area contributed by atoms with Gasteiger partial charge in [0, 0.05) is 32.1 Å². The Labute approximate surface area is 112 Å². The third-order valence-electron chi connectivity index (χ3n) is 3.06. The molecule has 0 saturated heterocycles. The molecule has 0 spiro atoms. The van der Waals surface area contributed by atoms with E-state index in [0.29, 0.717) is 0 Å². The second kappa shape index (κ2) is 6.43. The van der Waals surface area contributed by atoms with Crippen LogP contribution >= 0.6 is 11.3 Å². The second-order valence-electron chi connectivity index (χ2n) is 4.75. The lowest BCUT2D eigenvalue weighted by Gasteiger charge is -2.25. The summed E-state index contributed by atoms with van der Waals surface area (Å²) in [4.78, 5) is 6.97. The van der Waals surface area contributed by atoms with Crippen LogP contribution in [0, 0.1) is 0 Å². The molecule has 100 valence electrons. The van der Waals surface area contributed by atoms with Gasteiger partial charge >= 0.3 is 0 Å². The monoisotopic (exact) mass is 267 g/mol. The molecule has 2 N–H and O–H groups in total. The standard InChI is InChI=1S/C13H21N3OS/c1-10(14)13-15-12(9-18-13)7-16-5-3-11(4-6-16)8-17-2/h3,9-10H,4-8,14H2,1-2H3. The fraction of sp³-hybridized carbons (Fsp3) is 0.615. The summed E-state index contributed by atoms with van der Waals surface area (Å²) in [5, 5.41) is 3.14. The van der Waals surface area contributed by atoms with Gasteiger partial charge in [0.05, 0.1) is 18.3 Å². The summed E-state index contributed by atoms with van der Waals surface area (Å²) < 4.78 is 5.15. The third-order valence-corrected chi connectivity index (χ3v) is 4.16. The number of nitrogens with zero attached hydrogens (tertiary/aromatic N) is 2. The molecule has 1 aromatic heterocycles. The van der Waals surface area contributed by atoms with Crippen molar-refractivity contribution >= 4 is 11.3 Å². The lowest BCUT2D eigenvalue weighted by molar-refractivity contribution is 0.210. The van der Waals surface area contributed by atoms with Crippen LogP contribution in [-0.4, -0.2) is 36.7 Å². The SMILES string of the molecule is COCC1=CCN(Cc2csc(C(C)N)n2)CC1. The highest BCUT2D eigenvalue weighted by atomic mass is 32.1. The Bertz CT molecular complexity index is 414. The summed E-state index contributed by atoms with van der Waals surface area (Å²) in [5.74, 6) is 0. The third kappa shape index (κ3) is 3.62. The Balaban J connectivity index is 1.87. The van der Waals surface area contributed by atoms with Crippen LogP contribution in [0.25, 0.3) is 0 Å². The van der Waals surface area contributed by atoms with Crippen molar-refractivity contribution < 1.29 is 4.74 Å². The molecule has 1 aliphatic heterocycles. The van der Waals surface area contributed by atoms with E-state index in [1.54, 1.807) is 18.4 Å². The van der Waals surface area contributed by atoms with Crippen molar-refractivity contribution in [1.29, 1.82) is 0 Å². The van der Waals surface area contributed by atoms with Gasteiger partial charge in [0.1, 0.15) is 5.01 Å². The van der Waals surface area contributed by atoms with E-state index in [0.717, 1.165) is 43.4 Å². The van der Waals surface area contributed by atoms with Gasteiger partial charge in [0.2, 0.25) is 0 Å². The Hall–Kier alpha value is -0.750. The summed E-state index contributed by atoms with van der Waals surface area (Å²) >= 11 is 1.66. The summed E-state index contributed by atoms with van der Waals surface area (Å²) in [5.41, 5.74) is 8.36. The van der Waals surface area contributed by atoms with Gasteiger partial charge in [-0.25, -0.2) is 4.98 Å². The summed E-state index contributed by atoms with van der Waals surface area (Å²) in [7, 11) is 1.75. The number of hydrogen-bond acceptors (Lipinski definition) is 5. The topological polar surface area (TPSA) is 51.4 Å². The Morgan fingerprint density at radius 2 is 2.44 bits per heavy atom. The van der Waals surface area contributed by atoms with Crippen molar-refractivity contribution in [3.05, 3.63) is 27.7 Å². The summed E-state index contributed by atoms with van der Waals surface area (Å²) in [6.45, 7) is 5.73. The zero-order chi connectivity index (χ0) is 13.0. The van der Waals surface area contributed by atoms with Crippen molar-refractivity contribution in [2.24, 2.45) is 5.73 Å². The molecule has 2 heterocycles. The smallest absolute Gasteiger partial charge is 0.109 e. The maximum Gasteiger partial charge on any atom is 0.109 e. The molecule has 18 heavy (non-hydrogen) atoms. The van der Waals surface area contributed by atoms with Gasteiger partial charge in [-0.05, 0) is 18.9 Å². The fourth-order valence-corrected chi connectivity index (χ4v) is 2.82. The summed E-state index contributed by atoms with van der Waals surface area (Å²) in [6.07, 6.45) is 3.37. The van der Waals surface area contributed by atoms with Gasteiger partial charge in [0.15, 0.2) is 0 Å². The maximum atomic E-state index is 5.82. The van der Waals surface area contributed by atoms with Crippen LogP contribution in [0.5, 0.6) is 0 Å². The molecular weight excluding hydrogens is 246 g/mol. The minimum absolute atomic E-state index is 0.0401. The normalized spacial score (nSPS) is 18.7. The van der Waals surface area contributed by atoms with Gasteiger partial charge < -0.3 is 10.5 Å². The maximum absolute atomic E-state index is 5.82. The minimum atomic E-state index is 0.0401. The fourth-order valence-electron chi connectivity index (χ4n) is 2.05. The Kier molecular flexibility index (Phi) is 4.88. The molecule has 0 fully saturated rings. The van der Waals surface area contributed by atoms with Crippen LogP contribution in [0.2, 0.25) is 0 Å². The van der Waals surface area contributed by atoms with Crippen LogP contribution in [0.1, 0.15) is 30.1 Å². The van der Waals surface area contributed by atoms with Gasteiger partial charge in [0.25, 0.3) is 0 Å². The van der Waals surface area contributed by atoms with E-state index in [-0.39, 0.29) is 6.04 Å². The molecule has 1 atom stereocenters. The van der Waals surface area contributed by atoms with Gasteiger partial charge in [-0.2, -0.15) is 0 Å². The van der Waals surface area contributed by atoms with Crippen molar-refractivity contribution in [3.63, 3.8) is 0 Å². The Morgan fingerprint density at radius 1 is 1.61 bits per heavy atom. The zero-order valence-electron chi connectivity index (χ0n) is 11.1. The number of methoxy groups -OCH3 is 1. The van der Waals surface area contributed by atoms with Gasteiger partial charge in [-0.15, -0.1) is 11.3 Å². The highest BCUT2D eigenvalue weighted by molar-refractivity contribution is 7.09. The molecule has 0 radical (unpaired) electrons.